The third-order valence-corrected chi connectivity index (χ3v) is 7.23. The van der Waals surface area contributed by atoms with E-state index in [1.807, 2.05) is 20.8 Å². The standard InChI is InChI=1S/C12H14F5N3O4S.C8H14N4OS/c1-11(2)4-7(19-24-11)25(21,22)5-6-8(12(15,16)17)18-20(3)9(6)23-10(13)14;1-8(2,3)5-6(13)12(9)7(14-4)11-10-5/h10H,4-5H2,1-3H3;9H2,1-4H3. The second-order valence-corrected chi connectivity index (χ2v) is 12.6. The molecule has 0 aromatic carbocycles. The minimum Gasteiger partial charge on any atom is -0.417 e. The van der Waals surface area contributed by atoms with E-state index in [2.05, 4.69) is 25.2 Å². The van der Waals surface area contributed by atoms with E-state index in [-0.39, 0.29) is 17.4 Å². The van der Waals surface area contributed by atoms with Crippen LogP contribution in [0.25, 0.3) is 0 Å². The summed E-state index contributed by atoms with van der Waals surface area (Å²) < 4.78 is 94.4. The minimum atomic E-state index is -5.06. The lowest BCUT2D eigenvalue weighted by Crippen LogP contribution is -2.37. The molecule has 0 amide bonds. The Labute approximate surface area is 224 Å². The molecule has 0 bridgehead atoms. The molecule has 1 aliphatic heterocycles. The van der Waals surface area contributed by atoms with Gasteiger partial charge in [-0.15, -0.1) is 10.2 Å². The molecule has 0 aliphatic carbocycles. The first-order valence-corrected chi connectivity index (χ1v) is 13.8. The summed E-state index contributed by atoms with van der Waals surface area (Å²) in [5.41, 5.74) is -3.79. The summed E-state index contributed by atoms with van der Waals surface area (Å²) in [7, 11) is -3.43. The van der Waals surface area contributed by atoms with Gasteiger partial charge in [0, 0.05) is 18.9 Å². The molecule has 0 spiro atoms. The Morgan fingerprint density at radius 1 is 1.18 bits per heavy atom. The van der Waals surface area contributed by atoms with Crippen LogP contribution in [0, 0.1) is 0 Å². The number of rotatable bonds is 5. The first kappa shape index (κ1) is 32.3. The van der Waals surface area contributed by atoms with Crippen molar-refractivity contribution < 1.29 is 39.9 Å². The molecule has 1 aliphatic rings. The molecule has 12 nitrogen and oxygen atoms in total. The summed E-state index contributed by atoms with van der Waals surface area (Å²) in [4.78, 5) is 16.6. The SMILES string of the molecule is CSc1nnc(C(C)(C)C)c(=O)n1N.Cn1nc(C(F)(F)F)c(CS(=O)(=O)C2=NOC(C)(C)C2)c1OC(F)F. The van der Waals surface area contributed by atoms with Crippen LogP contribution in [-0.4, -0.2) is 56.6 Å². The molecule has 39 heavy (non-hydrogen) atoms. The molecule has 0 saturated carbocycles. The number of sulfone groups is 1. The van der Waals surface area contributed by atoms with E-state index in [1.54, 1.807) is 6.26 Å². The van der Waals surface area contributed by atoms with Gasteiger partial charge in [-0.05, 0) is 20.1 Å². The highest BCUT2D eigenvalue weighted by Crippen LogP contribution is 2.38. The van der Waals surface area contributed by atoms with Gasteiger partial charge in [0.1, 0.15) is 11.3 Å². The Bertz CT molecular complexity index is 1400. The van der Waals surface area contributed by atoms with Crippen LogP contribution >= 0.6 is 11.8 Å². The third-order valence-electron chi connectivity index (χ3n) is 4.98. The van der Waals surface area contributed by atoms with Crippen LogP contribution in [0.4, 0.5) is 22.0 Å². The Balaban J connectivity index is 0.000000322. The molecule has 0 fully saturated rings. The highest BCUT2D eigenvalue weighted by Gasteiger charge is 2.43. The molecule has 3 rings (SSSR count). The van der Waals surface area contributed by atoms with E-state index < -0.39 is 56.2 Å². The summed E-state index contributed by atoms with van der Waals surface area (Å²) in [5.74, 6) is 3.34. The van der Waals surface area contributed by atoms with Gasteiger partial charge < -0.3 is 15.4 Å². The van der Waals surface area contributed by atoms with Crippen molar-refractivity contribution in [3.63, 3.8) is 0 Å². The number of alkyl halides is 5. The minimum absolute atomic E-state index is 0.165. The first-order valence-electron chi connectivity index (χ1n) is 11.0. The van der Waals surface area contributed by atoms with E-state index in [9.17, 15) is 35.2 Å². The fraction of sp³-hybridized carbons (Fsp3) is 0.650. The molecule has 19 heteroatoms. The van der Waals surface area contributed by atoms with Crippen LogP contribution in [0.2, 0.25) is 0 Å². The highest BCUT2D eigenvalue weighted by molar-refractivity contribution is 8.05. The van der Waals surface area contributed by atoms with Crippen molar-refractivity contribution in [3.8, 4) is 5.88 Å². The second-order valence-electron chi connectivity index (χ2n) is 9.86. The molecule has 2 aromatic heterocycles. The van der Waals surface area contributed by atoms with Crippen molar-refractivity contribution in [3.05, 3.63) is 27.3 Å². The predicted molar refractivity (Wildman–Crippen MR) is 132 cm³/mol. The van der Waals surface area contributed by atoms with Crippen molar-refractivity contribution in [2.45, 2.75) is 75.8 Å². The van der Waals surface area contributed by atoms with Crippen LogP contribution in [0.3, 0.4) is 0 Å². The number of ether oxygens (including phenoxy) is 1. The Hall–Kier alpha value is -2.96. The summed E-state index contributed by atoms with van der Waals surface area (Å²) in [5, 5.41) is 14.2. The Morgan fingerprint density at radius 2 is 1.77 bits per heavy atom. The molecule has 0 radical (unpaired) electrons. The number of oxime groups is 1. The average Bonchev–Trinajstić information content (AvgIpc) is 3.29. The Morgan fingerprint density at radius 3 is 2.21 bits per heavy atom. The van der Waals surface area contributed by atoms with Crippen molar-refractivity contribution in [1.82, 2.24) is 24.7 Å². The molecule has 220 valence electrons. The topological polar surface area (TPSA) is 157 Å². The van der Waals surface area contributed by atoms with Gasteiger partial charge >= 0.3 is 12.8 Å². The number of hydrogen-bond acceptors (Lipinski definition) is 11. The lowest BCUT2D eigenvalue weighted by Gasteiger charge is -2.16. The normalized spacial score (nSPS) is 15.5. The van der Waals surface area contributed by atoms with Crippen molar-refractivity contribution >= 4 is 26.6 Å². The van der Waals surface area contributed by atoms with Gasteiger partial charge in [-0.2, -0.15) is 31.7 Å². The lowest BCUT2D eigenvalue weighted by molar-refractivity contribution is -0.142. The number of halogens is 5. The number of nitrogens with zero attached hydrogens (tertiary/aromatic N) is 6. The van der Waals surface area contributed by atoms with Crippen LogP contribution in [-0.2, 0) is 39.1 Å². The maximum absolute atomic E-state index is 13.1. The first-order chi connectivity index (χ1) is 17.6. The molecule has 0 saturated heterocycles. The van der Waals surface area contributed by atoms with Gasteiger partial charge in [-0.3, -0.25) is 4.79 Å². The van der Waals surface area contributed by atoms with Gasteiger partial charge in [0.25, 0.3) is 5.56 Å². The smallest absolute Gasteiger partial charge is 0.417 e. The van der Waals surface area contributed by atoms with E-state index in [1.165, 1.54) is 25.6 Å². The van der Waals surface area contributed by atoms with E-state index in [4.69, 9.17) is 10.7 Å². The fourth-order valence-electron chi connectivity index (χ4n) is 3.18. The fourth-order valence-corrected chi connectivity index (χ4v) is 5.11. The molecular formula is C20H28F5N7O5S2. The zero-order valence-electron chi connectivity index (χ0n) is 22.0. The van der Waals surface area contributed by atoms with Crippen molar-refractivity contribution in [2.24, 2.45) is 12.2 Å². The summed E-state index contributed by atoms with van der Waals surface area (Å²) in [6.07, 6.45) is -3.43. The highest BCUT2D eigenvalue weighted by atomic mass is 32.2. The van der Waals surface area contributed by atoms with Crippen LogP contribution in [0.1, 0.15) is 58.0 Å². The maximum Gasteiger partial charge on any atom is 0.435 e. The second kappa shape index (κ2) is 11.3. The quantitative estimate of drug-likeness (QED) is 0.305. The summed E-state index contributed by atoms with van der Waals surface area (Å²) >= 11 is 1.29. The van der Waals surface area contributed by atoms with Gasteiger partial charge in [0.05, 0.1) is 11.3 Å². The molecular weight excluding hydrogens is 577 g/mol. The van der Waals surface area contributed by atoms with Gasteiger partial charge in [0.15, 0.2) is 20.6 Å². The largest absolute Gasteiger partial charge is 0.435 e. The molecule has 0 atom stereocenters. The van der Waals surface area contributed by atoms with E-state index in [0.29, 0.717) is 15.5 Å². The number of aryl methyl sites for hydroxylation is 1. The zero-order chi connectivity index (χ0) is 30.1. The number of nitrogens with two attached hydrogens (primary N) is 1. The van der Waals surface area contributed by atoms with Gasteiger partial charge in [0.2, 0.25) is 11.0 Å². The average molecular weight is 606 g/mol. The number of nitrogen functional groups attached to an aromatic ring is 1. The molecule has 2 N–H and O–H groups in total. The monoisotopic (exact) mass is 605 g/mol. The van der Waals surface area contributed by atoms with Crippen molar-refractivity contribution in [2.75, 3.05) is 12.1 Å². The van der Waals surface area contributed by atoms with Gasteiger partial charge in [-0.25, -0.2) is 13.1 Å². The molecule has 2 aromatic rings. The van der Waals surface area contributed by atoms with Crippen LogP contribution in [0.5, 0.6) is 5.88 Å². The van der Waals surface area contributed by atoms with E-state index >= 15 is 0 Å². The summed E-state index contributed by atoms with van der Waals surface area (Å²) in [6, 6.07) is 0. The number of thioether (sulfide) groups is 1. The molecule has 3 heterocycles. The number of hydrogen-bond donors (Lipinski definition) is 1. The van der Waals surface area contributed by atoms with Crippen LogP contribution < -0.4 is 16.1 Å². The van der Waals surface area contributed by atoms with Crippen LogP contribution in [0.15, 0.2) is 15.1 Å². The Kier molecular flexibility index (Phi) is 9.31. The predicted octanol–water partition coefficient (Wildman–Crippen LogP) is 2.84. The van der Waals surface area contributed by atoms with Gasteiger partial charge in [-0.1, -0.05) is 37.7 Å². The summed E-state index contributed by atoms with van der Waals surface area (Å²) in [6.45, 7) is 5.32. The lowest BCUT2D eigenvalue weighted by atomic mass is 9.93. The van der Waals surface area contributed by atoms with Crippen molar-refractivity contribution in [1.29, 1.82) is 0 Å². The number of aromatic nitrogens is 5. The molecule has 0 unspecified atom stereocenters. The zero-order valence-corrected chi connectivity index (χ0v) is 23.6. The van der Waals surface area contributed by atoms with E-state index in [0.717, 1.165) is 11.7 Å². The third kappa shape index (κ3) is 7.80. The maximum atomic E-state index is 13.1.